The SMILES string of the molecule is CCCCCCNc1cc(-c2ccc3c(c2)C(C)(C)c2cc(N(C(=C(c4ccccc4)c4ccccc4)c4ccccc4)c4ccc(C)cc4)ccc2-3)sc1/C=C(\C#N)C(=O)O. The maximum Gasteiger partial charge on any atom is 0.346 e. The Kier molecular flexibility index (Phi) is 12.4. The monoisotopic (exact) mass is 829 g/mol. The molecule has 6 aromatic carbocycles. The largest absolute Gasteiger partial charge is 0.477 e. The van der Waals surface area contributed by atoms with Gasteiger partial charge in [-0.25, -0.2) is 4.79 Å². The third-order valence-electron chi connectivity index (χ3n) is 11.9. The van der Waals surface area contributed by atoms with Gasteiger partial charge in [0.15, 0.2) is 0 Å². The van der Waals surface area contributed by atoms with E-state index < -0.39 is 5.97 Å². The quantitative estimate of drug-likeness (QED) is 0.0466. The van der Waals surface area contributed by atoms with E-state index in [1.165, 1.54) is 51.7 Å². The molecule has 62 heavy (non-hydrogen) atoms. The van der Waals surface area contributed by atoms with Crippen LogP contribution in [0.15, 0.2) is 163 Å². The first-order chi connectivity index (χ1) is 30.2. The van der Waals surface area contributed by atoms with Gasteiger partial charge in [-0.15, -0.1) is 11.3 Å². The van der Waals surface area contributed by atoms with E-state index in [4.69, 9.17) is 0 Å². The number of nitrogens with one attached hydrogen (secondary N) is 1. The van der Waals surface area contributed by atoms with E-state index in [2.05, 4.69) is 196 Å². The summed E-state index contributed by atoms with van der Waals surface area (Å²) < 4.78 is 0. The van der Waals surface area contributed by atoms with Crippen molar-refractivity contribution >= 4 is 51.7 Å². The lowest BCUT2D eigenvalue weighted by molar-refractivity contribution is -0.132. The summed E-state index contributed by atoms with van der Waals surface area (Å²) in [5, 5.41) is 22.9. The Labute approximate surface area is 370 Å². The van der Waals surface area contributed by atoms with Crippen LogP contribution < -0.4 is 10.2 Å². The van der Waals surface area contributed by atoms with Crippen LogP contribution in [0.25, 0.3) is 38.9 Å². The maximum absolute atomic E-state index is 11.9. The van der Waals surface area contributed by atoms with E-state index >= 15 is 0 Å². The zero-order valence-electron chi connectivity index (χ0n) is 35.8. The zero-order chi connectivity index (χ0) is 43.2. The number of carboxylic acids is 1. The fourth-order valence-corrected chi connectivity index (χ4v) is 9.67. The Bertz CT molecular complexity index is 2770. The average molecular weight is 830 g/mol. The summed E-state index contributed by atoms with van der Waals surface area (Å²) >= 11 is 1.51. The summed E-state index contributed by atoms with van der Waals surface area (Å²) in [7, 11) is 0. The first-order valence-electron chi connectivity index (χ1n) is 21.5. The molecule has 0 aliphatic heterocycles. The highest BCUT2D eigenvalue weighted by Crippen LogP contribution is 2.53. The van der Waals surface area contributed by atoms with Crippen molar-refractivity contribution in [2.75, 3.05) is 16.8 Å². The molecule has 5 nitrogen and oxygen atoms in total. The second-order valence-corrected chi connectivity index (χ2v) is 17.5. The van der Waals surface area contributed by atoms with Crippen molar-refractivity contribution in [2.24, 2.45) is 0 Å². The van der Waals surface area contributed by atoms with Crippen LogP contribution in [0.5, 0.6) is 0 Å². The van der Waals surface area contributed by atoms with Crippen LogP contribution >= 0.6 is 11.3 Å². The fourth-order valence-electron chi connectivity index (χ4n) is 8.59. The predicted molar refractivity (Wildman–Crippen MR) is 260 cm³/mol. The van der Waals surface area contributed by atoms with Crippen LogP contribution in [0.1, 0.15) is 84.7 Å². The number of hydrogen-bond donors (Lipinski definition) is 2. The van der Waals surface area contributed by atoms with Gasteiger partial charge in [0, 0.05) is 33.8 Å². The Morgan fingerprint density at radius 2 is 1.31 bits per heavy atom. The van der Waals surface area contributed by atoms with Crippen molar-refractivity contribution in [2.45, 2.75) is 58.8 Å². The van der Waals surface area contributed by atoms with E-state index in [-0.39, 0.29) is 11.0 Å². The van der Waals surface area contributed by atoms with Crippen molar-refractivity contribution in [3.8, 4) is 27.6 Å². The Balaban J connectivity index is 1.26. The number of aliphatic carboxylic acids is 1. The van der Waals surface area contributed by atoms with E-state index in [9.17, 15) is 15.2 Å². The molecule has 2 N–H and O–H groups in total. The number of aryl methyl sites for hydroxylation is 1. The molecule has 1 aliphatic rings. The van der Waals surface area contributed by atoms with Crippen LogP contribution in [0.4, 0.5) is 17.1 Å². The molecule has 1 heterocycles. The molecule has 1 aromatic heterocycles. The Hall–Kier alpha value is -6.94. The van der Waals surface area contributed by atoms with Crippen LogP contribution in [0, 0.1) is 18.3 Å². The van der Waals surface area contributed by atoms with Crippen molar-refractivity contribution in [1.29, 1.82) is 5.26 Å². The number of carboxylic acid groups (broad SMARTS) is 1. The number of thiophene rings is 1. The van der Waals surface area contributed by atoms with Gasteiger partial charge < -0.3 is 15.3 Å². The van der Waals surface area contributed by atoms with Crippen LogP contribution in [-0.4, -0.2) is 17.6 Å². The minimum Gasteiger partial charge on any atom is -0.477 e. The number of anilines is 3. The standard InChI is InChI=1S/C56H51N3O2S/c1-5-6-7-17-32-58-50-36-51(62-52(50)34-43(37-57)55(60)61)42-26-30-46-47-31-29-45(35-49(47)56(3,4)48(46)33-42)59(44-27-24-38(2)25-28-44)54(41-22-15-10-16-23-41)53(39-18-11-8-12-19-39)40-20-13-9-14-21-40/h8-16,18-31,33-36,58H,5-7,17,32H2,1-4H3,(H,60,61)/b43-34+. The fraction of sp³-hybridized carbons (Fsp3) is 0.179. The molecule has 0 saturated heterocycles. The molecule has 0 amide bonds. The molecule has 0 atom stereocenters. The molecule has 0 fully saturated rings. The molecule has 0 saturated carbocycles. The van der Waals surface area contributed by atoms with Crippen LogP contribution in [-0.2, 0) is 10.2 Å². The predicted octanol–water partition coefficient (Wildman–Crippen LogP) is 14.8. The van der Waals surface area contributed by atoms with Crippen molar-refractivity contribution in [3.05, 3.63) is 202 Å². The molecular formula is C56H51N3O2S. The highest BCUT2D eigenvalue weighted by atomic mass is 32.1. The van der Waals surface area contributed by atoms with E-state index in [0.29, 0.717) is 0 Å². The lowest BCUT2D eigenvalue weighted by Crippen LogP contribution is -2.20. The summed E-state index contributed by atoms with van der Waals surface area (Å²) in [6, 6.07) is 58.5. The molecule has 6 heteroatoms. The lowest BCUT2D eigenvalue weighted by atomic mass is 9.81. The normalized spacial score (nSPS) is 12.5. The molecule has 8 rings (SSSR count). The topological polar surface area (TPSA) is 76.4 Å². The van der Waals surface area contributed by atoms with Gasteiger partial charge in [0.05, 0.1) is 16.3 Å². The third kappa shape index (κ3) is 8.50. The summed E-state index contributed by atoms with van der Waals surface area (Å²) in [6.07, 6.45) is 5.97. The van der Waals surface area contributed by atoms with Crippen molar-refractivity contribution in [3.63, 3.8) is 0 Å². The Morgan fingerprint density at radius 3 is 1.90 bits per heavy atom. The molecule has 0 radical (unpaired) electrons. The van der Waals surface area contributed by atoms with Gasteiger partial charge in [-0.05, 0) is 100 Å². The Morgan fingerprint density at radius 1 is 0.726 bits per heavy atom. The van der Waals surface area contributed by atoms with Gasteiger partial charge in [0.1, 0.15) is 11.6 Å². The lowest BCUT2D eigenvalue weighted by Gasteiger charge is -2.32. The average Bonchev–Trinajstić information content (AvgIpc) is 3.80. The van der Waals surface area contributed by atoms with Gasteiger partial charge in [-0.1, -0.05) is 167 Å². The number of hydrogen-bond acceptors (Lipinski definition) is 5. The van der Waals surface area contributed by atoms with Gasteiger partial charge in [-0.3, -0.25) is 0 Å². The van der Waals surface area contributed by atoms with Crippen molar-refractivity contribution < 1.29 is 9.90 Å². The highest BCUT2D eigenvalue weighted by Gasteiger charge is 2.37. The first-order valence-corrected chi connectivity index (χ1v) is 22.3. The van der Waals surface area contributed by atoms with Crippen LogP contribution in [0.2, 0.25) is 0 Å². The number of rotatable bonds is 15. The first kappa shape index (κ1) is 41.8. The number of nitriles is 1. The molecule has 0 unspecified atom stereocenters. The number of nitrogens with zero attached hydrogens (tertiary/aromatic N) is 2. The van der Waals surface area contributed by atoms with Crippen molar-refractivity contribution in [1.82, 2.24) is 0 Å². The highest BCUT2D eigenvalue weighted by molar-refractivity contribution is 7.17. The second-order valence-electron chi connectivity index (χ2n) is 16.5. The van der Waals surface area contributed by atoms with Gasteiger partial charge in [0.25, 0.3) is 0 Å². The summed E-state index contributed by atoms with van der Waals surface area (Å²) in [4.78, 5) is 16.1. The molecule has 308 valence electrons. The van der Waals surface area contributed by atoms with Gasteiger partial charge in [-0.2, -0.15) is 5.26 Å². The molecule has 0 spiro atoms. The number of unbranched alkanes of at least 4 members (excludes halogenated alkanes) is 3. The molecule has 1 aliphatic carbocycles. The summed E-state index contributed by atoms with van der Waals surface area (Å²) in [5.74, 6) is -1.23. The minimum atomic E-state index is -1.23. The molecule has 7 aromatic rings. The van der Waals surface area contributed by atoms with E-state index in [1.807, 2.05) is 6.07 Å². The maximum atomic E-state index is 11.9. The number of carbonyl (C=O) groups is 1. The summed E-state index contributed by atoms with van der Waals surface area (Å²) in [5.41, 5.74) is 15.1. The zero-order valence-corrected chi connectivity index (χ0v) is 36.6. The minimum absolute atomic E-state index is 0.279. The smallest absolute Gasteiger partial charge is 0.346 e. The van der Waals surface area contributed by atoms with Gasteiger partial charge >= 0.3 is 5.97 Å². The number of fused-ring (bicyclic) bond motifs is 3. The summed E-state index contributed by atoms with van der Waals surface area (Å²) in [6.45, 7) is 9.73. The molecular weight excluding hydrogens is 779 g/mol. The van der Waals surface area contributed by atoms with Crippen LogP contribution in [0.3, 0.4) is 0 Å². The third-order valence-corrected chi connectivity index (χ3v) is 13.0. The molecule has 0 bridgehead atoms. The second kappa shape index (κ2) is 18.4. The van der Waals surface area contributed by atoms with Gasteiger partial charge in [0.2, 0.25) is 0 Å². The van der Waals surface area contributed by atoms with E-state index in [1.54, 1.807) is 0 Å². The van der Waals surface area contributed by atoms with E-state index in [0.717, 1.165) is 86.1 Å². The number of benzene rings is 6.